The van der Waals surface area contributed by atoms with E-state index in [1.165, 1.54) is 6.07 Å². The fourth-order valence-electron chi connectivity index (χ4n) is 2.55. The van der Waals surface area contributed by atoms with E-state index >= 15 is 0 Å². The molecule has 6 heteroatoms. The van der Waals surface area contributed by atoms with Crippen LogP contribution in [-0.2, 0) is 6.18 Å². The molecule has 21 heavy (non-hydrogen) atoms. The SMILES string of the molecule is CC1CNC(C)CCN(c2ccc(F)c(C(F)(F)F)c2)C1. The second-order valence-corrected chi connectivity index (χ2v) is 5.81. The molecule has 1 N–H and O–H groups in total. The number of halogens is 4. The number of benzene rings is 1. The van der Waals surface area contributed by atoms with Crippen LogP contribution in [0.1, 0.15) is 25.8 Å². The Morgan fingerprint density at radius 1 is 1.24 bits per heavy atom. The number of alkyl halides is 3. The Balaban J connectivity index is 2.27. The maximum Gasteiger partial charge on any atom is 0.419 e. The fraction of sp³-hybridized carbons (Fsp3) is 0.600. The van der Waals surface area contributed by atoms with Gasteiger partial charge in [0.05, 0.1) is 5.56 Å². The van der Waals surface area contributed by atoms with Crippen LogP contribution in [0.5, 0.6) is 0 Å². The fourth-order valence-corrected chi connectivity index (χ4v) is 2.55. The summed E-state index contributed by atoms with van der Waals surface area (Å²) in [5.74, 6) is -0.909. The van der Waals surface area contributed by atoms with Crippen LogP contribution in [0.2, 0.25) is 0 Å². The van der Waals surface area contributed by atoms with Crippen LogP contribution in [0.4, 0.5) is 23.2 Å². The first-order chi connectivity index (χ1) is 9.77. The lowest BCUT2D eigenvalue weighted by atomic mass is 10.1. The Labute approximate surface area is 122 Å². The van der Waals surface area contributed by atoms with Crippen molar-refractivity contribution in [2.75, 3.05) is 24.5 Å². The number of hydrogen-bond donors (Lipinski definition) is 1. The molecule has 1 aromatic carbocycles. The predicted molar refractivity (Wildman–Crippen MR) is 74.9 cm³/mol. The van der Waals surface area contributed by atoms with Crippen molar-refractivity contribution in [3.05, 3.63) is 29.6 Å². The Bertz CT molecular complexity index is 487. The predicted octanol–water partition coefficient (Wildman–Crippen LogP) is 3.67. The molecule has 0 radical (unpaired) electrons. The highest BCUT2D eigenvalue weighted by molar-refractivity contribution is 5.50. The molecule has 0 saturated carbocycles. The molecule has 2 rings (SSSR count). The third-order valence-electron chi connectivity index (χ3n) is 3.80. The lowest BCUT2D eigenvalue weighted by molar-refractivity contribution is -0.139. The number of rotatable bonds is 1. The molecule has 0 aliphatic carbocycles. The topological polar surface area (TPSA) is 15.3 Å². The van der Waals surface area contributed by atoms with Gasteiger partial charge in [0.1, 0.15) is 5.82 Å². The summed E-state index contributed by atoms with van der Waals surface area (Å²) < 4.78 is 51.8. The van der Waals surface area contributed by atoms with Crippen LogP contribution in [0.15, 0.2) is 18.2 Å². The Kier molecular flexibility index (Phi) is 4.76. The summed E-state index contributed by atoms with van der Waals surface area (Å²) in [5.41, 5.74) is -0.759. The third kappa shape index (κ3) is 4.09. The average molecular weight is 304 g/mol. The molecule has 118 valence electrons. The van der Waals surface area contributed by atoms with Crippen molar-refractivity contribution >= 4 is 5.69 Å². The van der Waals surface area contributed by atoms with Gasteiger partial charge in [-0.15, -0.1) is 0 Å². The second-order valence-electron chi connectivity index (χ2n) is 5.81. The highest BCUT2D eigenvalue weighted by Crippen LogP contribution is 2.34. The summed E-state index contributed by atoms with van der Waals surface area (Å²) in [5, 5.41) is 3.38. The first-order valence-electron chi connectivity index (χ1n) is 7.12. The molecule has 2 unspecified atom stereocenters. The summed E-state index contributed by atoms with van der Waals surface area (Å²) in [6.45, 7) is 6.24. The molecule has 1 aliphatic heterocycles. The largest absolute Gasteiger partial charge is 0.419 e. The quantitative estimate of drug-likeness (QED) is 0.796. The molecule has 0 bridgehead atoms. The van der Waals surface area contributed by atoms with E-state index in [9.17, 15) is 17.6 Å². The molecule has 1 fully saturated rings. The molecule has 1 aliphatic rings. The summed E-state index contributed by atoms with van der Waals surface area (Å²) in [6, 6.07) is 3.57. The van der Waals surface area contributed by atoms with Crippen LogP contribution < -0.4 is 10.2 Å². The van der Waals surface area contributed by atoms with Crippen molar-refractivity contribution in [3.8, 4) is 0 Å². The van der Waals surface area contributed by atoms with Crippen molar-refractivity contribution < 1.29 is 17.6 Å². The van der Waals surface area contributed by atoms with Crippen molar-refractivity contribution in [1.82, 2.24) is 5.32 Å². The van der Waals surface area contributed by atoms with E-state index in [2.05, 4.69) is 12.2 Å². The van der Waals surface area contributed by atoms with Gasteiger partial charge in [-0.25, -0.2) is 4.39 Å². The zero-order valence-electron chi connectivity index (χ0n) is 12.2. The van der Waals surface area contributed by atoms with Gasteiger partial charge in [-0.05, 0) is 44.0 Å². The summed E-state index contributed by atoms with van der Waals surface area (Å²) in [4.78, 5) is 1.91. The minimum absolute atomic E-state index is 0.312. The zero-order valence-corrected chi connectivity index (χ0v) is 12.2. The zero-order chi connectivity index (χ0) is 15.6. The normalized spacial score (nSPS) is 24.6. The molecule has 1 aromatic rings. The van der Waals surface area contributed by atoms with Crippen LogP contribution in [0.25, 0.3) is 0 Å². The van der Waals surface area contributed by atoms with Gasteiger partial charge in [-0.1, -0.05) is 6.92 Å². The summed E-state index contributed by atoms with van der Waals surface area (Å²) in [7, 11) is 0. The minimum Gasteiger partial charge on any atom is -0.371 e. The van der Waals surface area contributed by atoms with Gasteiger partial charge in [0.15, 0.2) is 0 Å². The van der Waals surface area contributed by atoms with E-state index in [1.807, 2.05) is 11.8 Å². The van der Waals surface area contributed by atoms with Gasteiger partial charge in [-0.2, -0.15) is 13.2 Å². The molecule has 0 spiro atoms. The van der Waals surface area contributed by atoms with Crippen LogP contribution >= 0.6 is 0 Å². The minimum atomic E-state index is -4.66. The van der Waals surface area contributed by atoms with E-state index in [-0.39, 0.29) is 0 Å². The smallest absolute Gasteiger partial charge is 0.371 e. The van der Waals surface area contributed by atoms with Crippen LogP contribution in [-0.4, -0.2) is 25.7 Å². The highest BCUT2D eigenvalue weighted by atomic mass is 19.4. The number of hydrogen-bond acceptors (Lipinski definition) is 2. The standard InChI is InChI=1S/C15H20F4N2/c1-10-8-20-11(2)5-6-21(9-10)12-3-4-14(16)13(7-12)15(17,18)19/h3-4,7,10-11,20H,5-6,8-9H2,1-2H3. The second kappa shape index (κ2) is 6.22. The van der Waals surface area contributed by atoms with Crippen LogP contribution in [0, 0.1) is 11.7 Å². The van der Waals surface area contributed by atoms with Crippen LogP contribution in [0.3, 0.4) is 0 Å². The van der Waals surface area contributed by atoms with E-state index in [1.54, 1.807) is 0 Å². The molecule has 1 heterocycles. The average Bonchev–Trinajstić information content (AvgIpc) is 2.38. The monoisotopic (exact) mass is 304 g/mol. The Morgan fingerprint density at radius 2 is 1.95 bits per heavy atom. The Hall–Kier alpha value is -1.30. The summed E-state index contributed by atoms with van der Waals surface area (Å²) >= 11 is 0. The molecular weight excluding hydrogens is 284 g/mol. The first kappa shape index (κ1) is 16.1. The van der Waals surface area contributed by atoms with Gasteiger partial charge in [0.25, 0.3) is 0 Å². The van der Waals surface area contributed by atoms with Gasteiger partial charge >= 0.3 is 6.18 Å². The van der Waals surface area contributed by atoms with E-state index in [4.69, 9.17) is 0 Å². The van der Waals surface area contributed by atoms with Gasteiger partial charge in [-0.3, -0.25) is 0 Å². The van der Waals surface area contributed by atoms with Crippen molar-refractivity contribution in [2.24, 2.45) is 5.92 Å². The molecule has 2 nitrogen and oxygen atoms in total. The maximum absolute atomic E-state index is 13.4. The lowest BCUT2D eigenvalue weighted by Crippen LogP contribution is -2.42. The van der Waals surface area contributed by atoms with Gasteiger partial charge in [0.2, 0.25) is 0 Å². The number of anilines is 1. The molecule has 0 aromatic heterocycles. The highest BCUT2D eigenvalue weighted by Gasteiger charge is 2.34. The Morgan fingerprint density at radius 3 is 2.62 bits per heavy atom. The number of nitrogens with one attached hydrogen (secondary N) is 1. The first-order valence-corrected chi connectivity index (χ1v) is 7.12. The molecular formula is C15H20F4N2. The van der Waals surface area contributed by atoms with E-state index < -0.39 is 17.6 Å². The van der Waals surface area contributed by atoms with Gasteiger partial charge in [0, 0.05) is 24.8 Å². The maximum atomic E-state index is 13.4. The van der Waals surface area contributed by atoms with E-state index in [0.29, 0.717) is 30.7 Å². The van der Waals surface area contributed by atoms with Gasteiger partial charge < -0.3 is 10.2 Å². The van der Waals surface area contributed by atoms with Crippen molar-refractivity contribution in [1.29, 1.82) is 0 Å². The molecule has 2 atom stereocenters. The summed E-state index contributed by atoms with van der Waals surface area (Å²) in [6.07, 6.45) is -3.82. The van der Waals surface area contributed by atoms with Crippen molar-refractivity contribution in [3.63, 3.8) is 0 Å². The third-order valence-corrected chi connectivity index (χ3v) is 3.80. The number of nitrogens with zero attached hydrogens (tertiary/aromatic N) is 1. The molecule has 0 amide bonds. The lowest BCUT2D eigenvalue weighted by Gasteiger charge is -2.33. The molecule has 1 saturated heterocycles. The van der Waals surface area contributed by atoms with Crippen molar-refractivity contribution in [2.45, 2.75) is 32.5 Å². The van der Waals surface area contributed by atoms with E-state index in [0.717, 1.165) is 25.1 Å².